The van der Waals surface area contributed by atoms with Gasteiger partial charge in [0, 0.05) is 23.8 Å². The lowest BCUT2D eigenvalue weighted by Gasteiger charge is -2.20. The number of aromatic nitrogens is 1. The summed E-state index contributed by atoms with van der Waals surface area (Å²) in [6.45, 7) is 2.63. The fourth-order valence-electron chi connectivity index (χ4n) is 3.69. The highest BCUT2D eigenvalue weighted by Gasteiger charge is 2.25. The number of rotatable bonds is 6. The first-order valence-electron chi connectivity index (χ1n) is 9.70. The van der Waals surface area contributed by atoms with Gasteiger partial charge in [-0.3, -0.25) is 0 Å². The Labute approximate surface area is 175 Å². The first kappa shape index (κ1) is 19.8. The topological polar surface area (TPSA) is 55.9 Å². The molecule has 0 amide bonds. The summed E-state index contributed by atoms with van der Waals surface area (Å²) in [5, 5.41) is 3.37. The van der Waals surface area contributed by atoms with Crippen molar-refractivity contribution in [2.75, 3.05) is 38.2 Å². The largest absolute Gasteiger partial charge is 0.496 e. The van der Waals surface area contributed by atoms with E-state index in [2.05, 4.69) is 23.2 Å². The smallest absolute Gasteiger partial charge is 0.162 e. The van der Waals surface area contributed by atoms with E-state index in [1.54, 1.807) is 20.3 Å². The maximum absolute atomic E-state index is 13.7. The van der Waals surface area contributed by atoms with E-state index < -0.39 is 0 Å². The molecule has 1 aliphatic rings. The third-order valence-corrected chi connectivity index (χ3v) is 5.26. The number of nitrogens with one attached hydrogen (secondary N) is 1. The minimum absolute atomic E-state index is 0.344. The van der Waals surface area contributed by atoms with Crippen LogP contribution in [0.25, 0.3) is 11.3 Å². The molecule has 0 fully saturated rings. The number of aryl methyl sites for hydroxylation is 1. The lowest BCUT2D eigenvalue weighted by Crippen LogP contribution is -2.18. The van der Waals surface area contributed by atoms with Crippen molar-refractivity contribution in [2.45, 2.75) is 13.3 Å². The molecule has 0 saturated heterocycles. The summed E-state index contributed by atoms with van der Waals surface area (Å²) in [6.07, 6.45) is 0.795. The summed E-state index contributed by atoms with van der Waals surface area (Å²) >= 11 is 0. The van der Waals surface area contributed by atoms with Gasteiger partial charge in [0.1, 0.15) is 17.4 Å². The van der Waals surface area contributed by atoms with E-state index in [-0.39, 0.29) is 5.82 Å². The molecule has 1 aliphatic heterocycles. The average molecular weight is 409 g/mol. The molecule has 156 valence electrons. The van der Waals surface area contributed by atoms with Crippen LogP contribution in [0.4, 0.5) is 21.6 Å². The summed E-state index contributed by atoms with van der Waals surface area (Å²) in [6, 6.07) is 12.4. The first-order valence-corrected chi connectivity index (χ1v) is 9.70. The lowest BCUT2D eigenvalue weighted by molar-refractivity contribution is 0.355. The van der Waals surface area contributed by atoms with Crippen LogP contribution in [0, 0.1) is 5.82 Å². The Hall–Kier alpha value is -3.48. The number of anilines is 3. The highest BCUT2D eigenvalue weighted by Crippen LogP contribution is 2.44. The molecule has 0 unspecified atom stereocenters. The third-order valence-electron chi connectivity index (χ3n) is 5.26. The average Bonchev–Trinajstić information content (AvgIpc) is 3.20. The maximum Gasteiger partial charge on any atom is 0.162 e. The third kappa shape index (κ3) is 3.36. The molecule has 0 radical (unpaired) electrons. The predicted molar refractivity (Wildman–Crippen MR) is 116 cm³/mol. The fraction of sp³-hybridized carbons (Fsp3) is 0.261. The van der Waals surface area contributed by atoms with Crippen molar-refractivity contribution in [3.05, 3.63) is 53.8 Å². The second-order valence-electron chi connectivity index (χ2n) is 6.86. The van der Waals surface area contributed by atoms with E-state index in [0.717, 1.165) is 40.4 Å². The van der Waals surface area contributed by atoms with Gasteiger partial charge in [-0.2, -0.15) is 0 Å². The molecule has 2 heterocycles. The van der Waals surface area contributed by atoms with Gasteiger partial charge in [0.2, 0.25) is 0 Å². The molecule has 0 spiro atoms. The first-order chi connectivity index (χ1) is 14.6. The highest BCUT2D eigenvalue weighted by molar-refractivity contribution is 5.84. The van der Waals surface area contributed by atoms with Crippen molar-refractivity contribution in [3.63, 3.8) is 0 Å². The van der Waals surface area contributed by atoms with E-state index in [1.165, 1.54) is 19.2 Å². The molecule has 3 aromatic rings. The zero-order chi connectivity index (χ0) is 21.3. The van der Waals surface area contributed by atoms with Crippen LogP contribution in [0.1, 0.15) is 12.5 Å². The Balaban J connectivity index is 1.81. The molecular weight excluding hydrogens is 385 g/mol. The number of hydrogen-bond donors (Lipinski definition) is 1. The number of halogens is 1. The number of methoxy groups -OCH3 is 3. The Morgan fingerprint density at radius 3 is 2.40 bits per heavy atom. The quantitative estimate of drug-likeness (QED) is 0.619. The van der Waals surface area contributed by atoms with Crippen molar-refractivity contribution in [1.82, 2.24) is 4.98 Å². The molecule has 0 saturated carbocycles. The standard InChI is InChI=1S/C23H24FN3O3/c1-5-14-6-9-22(26-23(14)16-8-7-15(24)10-19(16)28-2)27-13-25-17-11-20(29-3)21(30-4)12-18(17)27/h6-12,25H,5,13H2,1-4H3. The van der Waals surface area contributed by atoms with E-state index >= 15 is 0 Å². The fourth-order valence-corrected chi connectivity index (χ4v) is 3.69. The van der Waals surface area contributed by atoms with Gasteiger partial charge in [0.25, 0.3) is 0 Å². The number of fused-ring (bicyclic) bond motifs is 1. The van der Waals surface area contributed by atoms with Crippen molar-refractivity contribution < 1.29 is 18.6 Å². The summed E-state index contributed by atoms with van der Waals surface area (Å²) < 4.78 is 30.0. The Morgan fingerprint density at radius 2 is 1.70 bits per heavy atom. The molecule has 0 atom stereocenters. The molecule has 1 N–H and O–H groups in total. The summed E-state index contributed by atoms with van der Waals surface area (Å²) in [5.74, 6) is 2.20. The second kappa shape index (κ2) is 8.10. The molecular formula is C23H24FN3O3. The van der Waals surface area contributed by atoms with Gasteiger partial charge in [-0.05, 0) is 30.2 Å². The van der Waals surface area contributed by atoms with Crippen LogP contribution >= 0.6 is 0 Å². The number of benzene rings is 2. The number of ether oxygens (including phenoxy) is 3. The zero-order valence-corrected chi connectivity index (χ0v) is 17.5. The van der Waals surface area contributed by atoms with Crippen LogP contribution in [-0.4, -0.2) is 33.0 Å². The molecule has 2 aromatic carbocycles. The van der Waals surface area contributed by atoms with Crippen LogP contribution in [0.2, 0.25) is 0 Å². The van der Waals surface area contributed by atoms with E-state index in [4.69, 9.17) is 19.2 Å². The summed E-state index contributed by atoms with van der Waals surface area (Å²) in [5.41, 5.74) is 4.48. The van der Waals surface area contributed by atoms with Gasteiger partial charge in [-0.25, -0.2) is 9.37 Å². The minimum atomic E-state index is -0.344. The maximum atomic E-state index is 13.7. The lowest BCUT2D eigenvalue weighted by atomic mass is 10.0. The van der Waals surface area contributed by atoms with Crippen molar-refractivity contribution in [1.29, 1.82) is 0 Å². The van der Waals surface area contributed by atoms with E-state index in [0.29, 0.717) is 23.9 Å². The normalized spacial score (nSPS) is 12.4. The van der Waals surface area contributed by atoms with Gasteiger partial charge < -0.3 is 24.4 Å². The Bertz CT molecular complexity index is 1090. The van der Waals surface area contributed by atoms with E-state index in [9.17, 15) is 4.39 Å². The number of nitrogens with zero attached hydrogens (tertiary/aromatic N) is 2. The second-order valence-corrected chi connectivity index (χ2v) is 6.86. The molecule has 1 aromatic heterocycles. The Morgan fingerprint density at radius 1 is 0.967 bits per heavy atom. The molecule has 7 heteroatoms. The Kier molecular flexibility index (Phi) is 5.35. The molecule has 0 bridgehead atoms. The van der Waals surface area contributed by atoms with Gasteiger partial charge in [0.15, 0.2) is 11.5 Å². The van der Waals surface area contributed by atoms with Gasteiger partial charge in [-0.1, -0.05) is 13.0 Å². The number of pyridine rings is 1. The molecule has 0 aliphatic carbocycles. The zero-order valence-electron chi connectivity index (χ0n) is 17.5. The summed E-state index contributed by atoms with van der Waals surface area (Å²) in [4.78, 5) is 7.01. The monoisotopic (exact) mass is 409 g/mol. The molecule has 4 rings (SSSR count). The number of hydrogen-bond acceptors (Lipinski definition) is 6. The van der Waals surface area contributed by atoms with Crippen LogP contribution in [-0.2, 0) is 6.42 Å². The van der Waals surface area contributed by atoms with Crippen molar-refractivity contribution in [2.24, 2.45) is 0 Å². The minimum Gasteiger partial charge on any atom is -0.496 e. The van der Waals surface area contributed by atoms with Gasteiger partial charge >= 0.3 is 0 Å². The highest BCUT2D eigenvalue weighted by atomic mass is 19.1. The van der Waals surface area contributed by atoms with Crippen LogP contribution in [0.3, 0.4) is 0 Å². The van der Waals surface area contributed by atoms with Crippen LogP contribution in [0.5, 0.6) is 17.2 Å². The predicted octanol–water partition coefficient (Wildman–Crippen LogP) is 5.00. The van der Waals surface area contributed by atoms with Gasteiger partial charge in [0.05, 0.1) is 45.1 Å². The van der Waals surface area contributed by atoms with Crippen LogP contribution in [0.15, 0.2) is 42.5 Å². The molecule has 6 nitrogen and oxygen atoms in total. The van der Waals surface area contributed by atoms with Crippen LogP contribution < -0.4 is 24.4 Å². The SMILES string of the molecule is CCc1ccc(N2CNc3cc(OC)c(OC)cc32)nc1-c1ccc(F)cc1OC. The molecule has 30 heavy (non-hydrogen) atoms. The van der Waals surface area contributed by atoms with E-state index in [1.807, 2.05) is 18.2 Å². The van der Waals surface area contributed by atoms with Crippen molar-refractivity contribution in [3.8, 4) is 28.5 Å². The summed E-state index contributed by atoms with van der Waals surface area (Å²) in [7, 11) is 4.77. The van der Waals surface area contributed by atoms with Gasteiger partial charge in [-0.15, -0.1) is 0 Å². The van der Waals surface area contributed by atoms with Crippen molar-refractivity contribution >= 4 is 17.2 Å².